The Bertz CT molecular complexity index is 868. The summed E-state index contributed by atoms with van der Waals surface area (Å²) in [5.74, 6) is 0.614. The Morgan fingerprint density at radius 2 is 2.10 bits per heavy atom. The summed E-state index contributed by atoms with van der Waals surface area (Å²) in [5.41, 5.74) is 1.26. The second-order valence-corrected chi connectivity index (χ2v) is 6.52. The Hall–Kier alpha value is -3.16. The van der Waals surface area contributed by atoms with E-state index in [1.807, 2.05) is 12.1 Å². The van der Waals surface area contributed by atoms with Gasteiger partial charge in [-0.15, -0.1) is 0 Å². The maximum absolute atomic E-state index is 12.7. The number of halogens is 2. The van der Waals surface area contributed by atoms with Gasteiger partial charge >= 0.3 is 6.61 Å². The minimum atomic E-state index is -3.00. The first-order valence-corrected chi connectivity index (χ1v) is 9.34. The summed E-state index contributed by atoms with van der Waals surface area (Å²) < 4.78 is 34.9. The van der Waals surface area contributed by atoms with E-state index < -0.39 is 6.61 Å². The first-order chi connectivity index (χ1) is 14.1. The quantitative estimate of drug-likeness (QED) is 0.682. The van der Waals surface area contributed by atoms with Crippen molar-refractivity contribution in [3.8, 4) is 11.5 Å². The fraction of sp³-hybridized carbons (Fsp3) is 0.333. The van der Waals surface area contributed by atoms with Crippen LogP contribution in [0.3, 0.4) is 0 Å². The molecule has 0 radical (unpaired) electrons. The Labute approximate surface area is 168 Å². The summed E-state index contributed by atoms with van der Waals surface area (Å²) in [5, 5.41) is 2.78. The maximum Gasteiger partial charge on any atom is 0.387 e. The third kappa shape index (κ3) is 5.66. The van der Waals surface area contributed by atoms with E-state index in [4.69, 9.17) is 4.74 Å². The van der Waals surface area contributed by atoms with Crippen LogP contribution in [0.4, 0.5) is 14.6 Å². The van der Waals surface area contributed by atoms with E-state index in [9.17, 15) is 13.6 Å². The van der Waals surface area contributed by atoms with Gasteiger partial charge in [-0.3, -0.25) is 4.79 Å². The van der Waals surface area contributed by atoms with Crippen LogP contribution in [0.15, 0.2) is 42.6 Å². The van der Waals surface area contributed by atoms with Crippen molar-refractivity contribution in [1.82, 2.24) is 10.3 Å². The van der Waals surface area contributed by atoms with E-state index in [0.29, 0.717) is 12.1 Å². The van der Waals surface area contributed by atoms with Crippen molar-refractivity contribution in [2.75, 3.05) is 25.1 Å². The average Bonchev–Trinajstić information content (AvgIpc) is 3.26. The first kappa shape index (κ1) is 20.6. The zero-order chi connectivity index (χ0) is 20.6. The highest BCUT2D eigenvalue weighted by Gasteiger charge is 2.15. The van der Waals surface area contributed by atoms with Crippen molar-refractivity contribution < 1.29 is 23.0 Å². The Morgan fingerprint density at radius 3 is 2.83 bits per heavy atom. The van der Waals surface area contributed by atoms with E-state index in [2.05, 4.69) is 19.9 Å². The average molecular weight is 403 g/mol. The van der Waals surface area contributed by atoms with E-state index in [0.717, 1.165) is 37.3 Å². The molecule has 0 atom stereocenters. The zero-order valence-corrected chi connectivity index (χ0v) is 16.1. The number of ether oxygens (including phenoxy) is 2. The number of anilines is 1. The number of amides is 1. The molecule has 154 valence electrons. The Kier molecular flexibility index (Phi) is 6.99. The van der Waals surface area contributed by atoms with Crippen LogP contribution in [-0.4, -0.2) is 37.7 Å². The maximum atomic E-state index is 12.7. The van der Waals surface area contributed by atoms with Gasteiger partial charge in [-0.25, -0.2) is 4.98 Å². The number of pyridine rings is 1. The summed E-state index contributed by atoms with van der Waals surface area (Å²) in [6.07, 6.45) is 6.74. The van der Waals surface area contributed by atoms with Crippen LogP contribution in [0.25, 0.3) is 6.08 Å². The van der Waals surface area contributed by atoms with Gasteiger partial charge in [-0.05, 0) is 42.7 Å². The molecule has 1 fully saturated rings. The van der Waals surface area contributed by atoms with Crippen molar-refractivity contribution >= 4 is 17.8 Å². The van der Waals surface area contributed by atoms with E-state index in [-0.39, 0.29) is 17.4 Å². The highest BCUT2D eigenvalue weighted by molar-refractivity contribution is 5.92. The number of nitrogens with zero attached hydrogens (tertiary/aromatic N) is 2. The summed E-state index contributed by atoms with van der Waals surface area (Å²) >= 11 is 0. The van der Waals surface area contributed by atoms with Gasteiger partial charge in [0.1, 0.15) is 5.82 Å². The molecule has 1 aromatic heterocycles. The highest BCUT2D eigenvalue weighted by Crippen LogP contribution is 2.33. The minimum Gasteiger partial charge on any atom is -0.493 e. The van der Waals surface area contributed by atoms with Crippen molar-refractivity contribution in [3.63, 3.8) is 0 Å². The monoisotopic (exact) mass is 403 g/mol. The summed E-state index contributed by atoms with van der Waals surface area (Å²) in [7, 11) is 1.36. The summed E-state index contributed by atoms with van der Waals surface area (Å²) in [4.78, 5) is 18.8. The lowest BCUT2D eigenvalue weighted by Crippen LogP contribution is -2.22. The normalized spacial score (nSPS) is 13.9. The fourth-order valence-corrected chi connectivity index (χ4v) is 3.14. The molecule has 1 amide bonds. The van der Waals surface area contributed by atoms with E-state index in [1.165, 1.54) is 25.3 Å². The molecule has 1 N–H and O–H groups in total. The van der Waals surface area contributed by atoms with Gasteiger partial charge in [0, 0.05) is 37.5 Å². The van der Waals surface area contributed by atoms with Gasteiger partial charge in [0.2, 0.25) is 5.91 Å². The number of hydrogen-bond donors (Lipinski definition) is 1. The molecule has 2 heterocycles. The number of rotatable bonds is 8. The second-order valence-electron chi connectivity index (χ2n) is 6.52. The van der Waals surface area contributed by atoms with Crippen molar-refractivity contribution in [2.45, 2.75) is 26.0 Å². The van der Waals surface area contributed by atoms with Crippen LogP contribution < -0.4 is 19.7 Å². The smallest absolute Gasteiger partial charge is 0.387 e. The lowest BCUT2D eigenvalue weighted by Gasteiger charge is -2.16. The number of hydrogen-bond acceptors (Lipinski definition) is 5. The molecule has 0 aliphatic carbocycles. The van der Waals surface area contributed by atoms with E-state index >= 15 is 0 Å². The van der Waals surface area contributed by atoms with Crippen molar-refractivity contribution in [3.05, 3.63) is 53.7 Å². The predicted octanol–water partition coefficient (Wildman–Crippen LogP) is 3.62. The fourth-order valence-electron chi connectivity index (χ4n) is 3.14. The highest BCUT2D eigenvalue weighted by atomic mass is 19.3. The lowest BCUT2D eigenvalue weighted by atomic mass is 10.1. The lowest BCUT2D eigenvalue weighted by molar-refractivity contribution is -0.116. The standard InChI is InChI=1S/C21H23F2N3O3/c1-28-17-6-4-5-16(20(17)29-21(22)23)7-8-19(27)25-14-15-9-10-24-18(13-15)26-11-2-3-12-26/h4-10,13,21H,2-3,11-12,14H2,1H3,(H,25,27)/b8-7+. The van der Waals surface area contributed by atoms with Crippen LogP contribution in [0.2, 0.25) is 0 Å². The number of carbonyl (C=O) groups excluding carboxylic acids is 1. The molecular formula is C21H23F2N3O3. The molecular weight excluding hydrogens is 380 g/mol. The molecule has 1 aliphatic heterocycles. The number of methoxy groups -OCH3 is 1. The van der Waals surface area contributed by atoms with Crippen molar-refractivity contribution in [2.24, 2.45) is 0 Å². The number of carbonyl (C=O) groups is 1. The largest absolute Gasteiger partial charge is 0.493 e. The molecule has 3 rings (SSSR count). The van der Waals surface area contributed by atoms with Gasteiger partial charge < -0.3 is 19.7 Å². The SMILES string of the molecule is COc1cccc(/C=C/C(=O)NCc2ccnc(N3CCCC3)c2)c1OC(F)F. The molecule has 8 heteroatoms. The van der Waals surface area contributed by atoms with Crippen LogP contribution in [0.5, 0.6) is 11.5 Å². The van der Waals surface area contributed by atoms with Crippen LogP contribution in [0.1, 0.15) is 24.0 Å². The first-order valence-electron chi connectivity index (χ1n) is 9.34. The van der Waals surface area contributed by atoms with E-state index in [1.54, 1.807) is 18.3 Å². The molecule has 2 aromatic rings. The molecule has 0 unspecified atom stereocenters. The van der Waals surface area contributed by atoms with Gasteiger partial charge in [-0.1, -0.05) is 12.1 Å². The van der Waals surface area contributed by atoms with Gasteiger partial charge in [0.05, 0.1) is 7.11 Å². The Balaban J connectivity index is 1.62. The molecule has 29 heavy (non-hydrogen) atoms. The second kappa shape index (κ2) is 9.86. The summed E-state index contributed by atoms with van der Waals surface area (Å²) in [6.45, 7) is -0.668. The molecule has 1 saturated heterocycles. The zero-order valence-electron chi connectivity index (χ0n) is 16.1. The summed E-state index contributed by atoms with van der Waals surface area (Å²) in [6, 6.07) is 8.52. The van der Waals surface area contributed by atoms with Crippen molar-refractivity contribution in [1.29, 1.82) is 0 Å². The third-order valence-electron chi connectivity index (χ3n) is 4.56. The number of nitrogens with one attached hydrogen (secondary N) is 1. The molecule has 0 spiro atoms. The van der Waals surface area contributed by atoms with Gasteiger partial charge in [-0.2, -0.15) is 8.78 Å². The minimum absolute atomic E-state index is 0.113. The third-order valence-corrected chi connectivity index (χ3v) is 4.56. The van der Waals surface area contributed by atoms with Gasteiger partial charge in [0.25, 0.3) is 0 Å². The Morgan fingerprint density at radius 1 is 1.31 bits per heavy atom. The molecule has 6 nitrogen and oxygen atoms in total. The van der Waals surface area contributed by atoms with Crippen LogP contribution in [-0.2, 0) is 11.3 Å². The topological polar surface area (TPSA) is 63.7 Å². The molecule has 1 aromatic carbocycles. The predicted molar refractivity (Wildman–Crippen MR) is 106 cm³/mol. The molecule has 0 saturated carbocycles. The number of benzene rings is 1. The number of aromatic nitrogens is 1. The van der Waals surface area contributed by atoms with Crippen LogP contribution in [0, 0.1) is 0 Å². The molecule has 1 aliphatic rings. The van der Waals surface area contributed by atoms with Crippen LogP contribution >= 0.6 is 0 Å². The number of para-hydroxylation sites is 1. The molecule has 0 bridgehead atoms. The number of alkyl halides is 2. The van der Waals surface area contributed by atoms with Gasteiger partial charge in [0.15, 0.2) is 11.5 Å².